The van der Waals surface area contributed by atoms with Crippen LogP contribution in [0.25, 0.3) is 0 Å². The summed E-state index contributed by atoms with van der Waals surface area (Å²) in [6, 6.07) is 5.11. The van der Waals surface area contributed by atoms with Gasteiger partial charge in [-0.2, -0.15) is 4.72 Å². The number of nitrogens with zero attached hydrogens (tertiary/aromatic N) is 1. The molecular weight excluding hydrogens is 320 g/mol. The van der Waals surface area contributed by atoms with Crippen molar-refractivity contribution in [2.75, 3.05) is 18.6 Å². The summed E-state index contributed by atoms with van der Waals surface area (Å²) >= 11 is 0. The summed E-state index contributed by atoms with van der Waals surface area (Å²) in [6.07, 6.45) is 1.60. The molecule has 1 aliphatic heterocycles. The van der Waals surface area contributed by atoms with E-state index < -0.39 is 22.0 Å². The molecule has 1 atom stereocenters. The smallest absolute Gasteiger partial charge is 0.323 e. The summed E-state index contributed by atoms with van der Waals surface area (Å²) in [6.45, 7) is 2.33. The fourth-order valence-corrected chi connectivity index (χ4v) is 3.69. The van der Waals surface area contributed by atoms with Gasteiger partial charge >= 0.3 is 5.97 Å². The molecule has 1 fully saturated rings. The summed E-state index contributed by atoms with van der Waals surface area (Å²) in [5.74, 6) is -0.592. The standard InChI is InChI=1S/C15H20N2O5S/c1-3-13(15(19)22-2)16-23(20,21)12-8-6-11(7-9-12)17-10-4-5-14(17)18/h6-9,13,16H,3-5,10H2,1-2H3/t13-/m1/s1. The molecule has 1 aromatic rings. The molecule has 0 radical (unpaired) electrons. The molecule has 1 N–H and O–H groups in total. The van der Waals surface area contributed by atoms with E-state index in [0.29, 0.717) is 18.7 Å². The largest absolute Gasteiger partial charge is 0.468 e. The molecule has 23 heavy (non-hydrogen) atoms. The average Bonchev–Trinajstić information content (AvgIpc) is 2.98. The number of benzene rings is 1. The molecule has 0 aromatic heterocycles. The Morgan fingerprint density at radius 3 is 2.48 bits per heavy atom. The third-order valence-electron chi connectivity index (χ3n) is 3.72. The average molecular weight is 340 g/mol. The van der Waals surface area contributed by atoms with Crippen LogP contribution in [0.5, 0.6) is 0 Å². The lowest BCUT2D eigenvalue weighted by Gasteiger charge is -2.17. The number of carbonyl (C=O) groups is 2. The maximum Gasteiger partial charge on any atom is 0.323 e. The number of amides is 1. The zero-order valence-electron chi connectivity index (χ0n) is 13.1. The van der Waals surface area contributed by atoms with Crippen LogP contribution in [0, 0.1) is 0 Å². The monoisotopic (exact) mass is 340 g/mol. The lowest BCUT2D eigenvalue weighted by molar-refractivity contribution is -0.142. The molecule has 0 unspecified atom stereocenters. The predicted octanol–water partition coefficient (Wildman–Crippen LogP) is 1.04. The second kappa shape index (κ2) is 7.10. The Balaban J connectivity index is 2.17. The Kier molecular flexibility index (Phi) is 5.38. The van der Waals surface area contributed by atoms with Crippen LogP contribution in [0.15, 0.2) is 29.2 Å². The summed E-state index contributed by atoms with van der Waals surface area (Å²) in [5.41, 5.74) is 0.673. The number of sulfonamides is 1. The first-order valence-corrected chi connectivity index (χ1v) is 8.88. The van der Waals surface area contributed by atoms with Crippen molar-refractivity contribution in [2.24, 2.45) is 0 Å². The molecular formula is C15H20N2O5S. The number of methoxy groups -OCH3 is 1. The molecule has 1 aliphatic rings. The summed E-state index contributed by atoms with van der Waals surface area (Å²) in [4.78, 5) is 24.9. The van der Waals surface area contributed by atoms with E-state index in [1.807, 2.05) is 0 Å². The Bertz CT molecular complexity index is 684. The molecule has 8 heteroatoms. The van der Waals surface area contributed by atoms with E-state index in [-0.39, 0.29) is 17.2 Å². The maximum atomic E-state index is 12.3. The minimum absolute atomic E-state index is 0.0373. The van der Waals surface area contributed by atoms with Gasteiger partial charge in [0.05, 0.1) is 12.0 Å². The van der Waals surface area contributed by atoms with Gasteiger partial charge in [-0.1, -0.05) is 6.92 Å². The summed E-state index contributed by atoms with van der Waals surface area (Å²) in [7, 11) is -2.63. The topological polar surface area (TPSA) is 92.8 Å². The van der Waals surface area contributed by atoms with E-state index in [1.54, 1.807) is 24.0 Å². The van der Waals surface area contributed by atoms with Gasteiger partial charge in [-0.25, -0.2) is 8.42 Å². The Morgan fingerprint density at radius 1 is 1.35 bits per heavy atom. The third kappa shape index (κ3) is 3.89. The van der Waals surface area contributed by atoms with E-state index in [1.165, 1.54) is 19.2 Å². The van der Waals surface area contributed by atoms with E-state index in [9.17, 15) is 18.0 Å². The van der Waals surface area contributed by atoms with Gasteiger partial charge in [0.2, 0.25) is 15.9 Å². The van der Waals surface area contributed by atoms with Crippen molar-refractivity contribution in [1.29, 1.82) is 0 Å². The molecule has 2 rings (SSSR count). The number of hydrogen-bond acceptors (Lipinski definition) is 5. The van der Waals surface area contributed by atoms with Crippen LogP contribution in [0.1, 0.15) is 26.2 Å². The number of anilines is 1. The predicted molar refractivity (Wildman–Crippen MR) is 84.4 cm³/mol. The molecule has 126 valence electrons. The van der Waals surface area contributed by atoms with Crippen molar-refractivity contribution >= 4 is 27.6 Å². The second-order valence-electron chi connectivity index (χ2n) is 5.25. The van der Waals surface area contributed by atoms with E-state index in [2.05, 4.69) is 9.46 Å². The van der Waals surface area contributed by atoms with Crippen LogP contribution in [0.2, 0.25) is 0 Å². The highest BCUT2D eigenvalue weighted by Crippen LogP contribution is 2.23. The first-order chi connectivity index (χ1) is 10.9. The Labute approximate surface area is 135 Å². The normalized spacial score (nSPS) is 16.4. The van der Waals surface area contributed by atoms with Crippen molar-refractivity contribution in [3.63, 3.8) is 0 Å². The van der Waals surface area contributed by atoms with Crippen LogP contribution in [-0.4, -0.2) is 40.0 Å². The number of esters is 1. The van der Waals surface area contributed by atoms with Crippen LogP contribution in [0.4, 0.5) is 5.69 Å². The van der Waals surface area contributed by atoms with Gasteiger partial charge in [0, 0.05) is 18.7 Å². The highest BCUT2D eigenvalue weighted by atomic mass is 32.2. The van der Waals surface area contributed by atoms with Crippen molar-refractivity contribution < 1.29 is 22.7 Å². The van der Waals surface area contributed by atoms with Gasteiger partial charge in [0.1, 0.15) is 6.04 Å². The molecule has 1 aromatic carbocycles. The van der Waals surface area contributed by atoms with Crippen LogP contribution in [-0.2, 0) is 24.3 Å². The maximum absolute atomic E-state index is 12.3. The lowest BCUT2D eigenvalue weighted by Crippen LogP contribution is -2.40. The number of carbonyl (C=O) groups excluding carboxylic acids is 2. The summed E-state index contributed by atoms with van der Waals surface area (Å²) in [5, 5.41) is 0. The van der Waals surface area contributed by atoms with Crippen LogP contribution in [0.3, 0.4) is 0 Å². The lowest BCUT2D eigenvalue weighted by atomic mass is 10.2. The first-order valence-electron chi connectivity index (χ1n) is 7.39. The van der Waals surface area contributed by atoms with Crippen LogP contribution >= 0.6 is 0 Å². The molecule has 1 heterocycles. The molecule has 0 saturated carbocycles. The highest BCUT2D eigenvalue weighted by Gasteiger charge is 2.26. The first kappa shape index (κ1) is 17.4. The van der Waals surface area contributed by atoms with Crippen molar-refractivity contribution in [3.8, 4) is 0 Å². The molecule has 0 aliphatic carbocycles. The van der Waals surface area contributed by atoms with Gasteiger partial charge in [-0.3, -0.25) is 9.59 Å². The molecule has 1 saturated heterocycles. The fraction of sp³-hybridized carbons (Fsp3) is 0.467. The molecule has 0 bridgehead atoms. The number of rotatable bonds is 6. The van der Waals surface area contributed by atoms with E-state index >= 15 is 0 Å². The number of hydrogen-bond donors (Lipinski definition) is 1. The third-order valence-corrected chi connectivity index (χ3v) is 5.21. The number of nitrogens with one attached hydrogen (secondary N) is 1. The van der Waals surface area contributed by atoms with Crippen LogP contribution < -0.4 is 9.62 Å². The summed E-state index contributed by atoms with van der Waals surface area (Å²) < 4.78 is 31.5. The van der Waals surface area contributed by atoms with Crippen molar-refractivity contribution in [3.05, 3.63) is 24.3 Å². The quantitative estimate of drug-likeness (QED) is 0.781. The minimum Gasteiger partial charge on any atom is -0.468 e. The van der Waals surface area contributed by atoms with Gasteiger partial charge in [-0.15, -0.1) is 0 Å². The van der Waals surface area contributed by atoms with E-state index in [4.69, 9.17) is 0 Å². The fourth-order valence-electron chi connectivity index (χ4n) is 2.42. The van der Waals surface area contributed by atoms with Gasteiger partial charge in [-0.05, 0) is 37.1 Å². The number of ether oxygens (including phenoxy) is 1. The van der Waals surface area contributed by atoms with E-state index in [0.717, 1.165) is 6.42 Å². The minimum atomic E-state index is -3.83. The molecule has 7 nitrogen and oxygen atoms in total. The SMILES string of the molecule is CC[C@@H](NS(=O)(=O)c1ccc(N2CCCC2=O)cc1)C(=O)OC. The molecule has 1 amide bonds. The second-order valence-corrected chi connectivity index (χ2v) is 6.96. The Hall–Kier alpha value is -1.93. The van der Waals surface area contributed by atoms with Gasteiger partial charge in [0.15, 0.2) is 0 Å². The van der Waals surface area contributed by atoms with Gasteiger partial charge in [0.25, 0.3) is 0 Å². The van der Waals surface area contributed by atoms with Gasteiger partial charge < -0.3 is 9.64 Å². The highest BCUT2D eigenvalue weighted by molar-refractivity contribution is 7.89. The van der Waals surface area contributed by atoms with Crippen molar-refractivity contribution in [2.45, 2.75) is 37.1 Å². The Morgan fingerprint density at radius 2 is 2.00 bits per heavy atom. The van der Waals surface area contributed by atoms with Crippen molar-refractivity contribution in [1.82, 2.24) is 4.72 Å². The zero-order valence-corrected chi connectivity index (χ0v) is 13.9. The zero-order chi connectivity index (χ0) is 17.0. The molecule has 0 spiro atoms.